The van der Waals surface area contributed by atoms with Gasteiger partial charge in [-0.2, -0.15) is 0 Å². The summed E-state index contributed by atoms with van der Waals surface area (Å²) in [4.78, 5) is 8.11. The highest BCUT2D eigenvalue weighted by Crippen LogP contribution is 2.05. The van der Waals surface area contributed by atoms with E-state index in [4.69, 9.17) is 11.6 Å². The van der Waals surface area contributed by atoms with E-state index >= 15 is 0 Å². The molecule has 17 heavy (non-hydrogen) atoms. The Hall–Kier alpha value is -1.55. The molecule has 0 fully saturated rings. The van der Waals surface area contributed by atoms with Gasteiger partial charge >= 0.3 is 0 Å². The first kappa shape index (κ1) is 13.5. The quantitative estimate of drug-likeness (QED) is 0.362. The molecule has 92 valence electrons. The first-order valence-corrected chi connectivity index (χ1v) is 5.80. The number of guanidine groups is 1. The molecule has 1 rings (SSSR count). The molecule has 1 heterocycles. The maximum absolute atomic E-state index is 5.71. The van der Waals surface area contributed by atoms with Crippen molar-refractivity contribution in [3.63, 3.8) is 0 Å². The van der Waals surface area contributed by atoms with Crippen LogP contribution in [0.5, 0.6) is 0 Å². The van der Waals surface area contributed by atoms with E-state index in [1.165, 1.54) is 0 Å². The fraction of sp³-hybridized carbons (Fsp3) is 0.333. The fourth-order valence-electron chi connectivity index (χ4n) is 1.27. The largest absolute Gasteiger partial charge is 0.356 e. The number of nitrogens with one attached hydrogen (secondary N) is 2. The number of aromatic nitrogens is 1. The molecular weight excluding hydrogens is 236 g/mol. The van der Waals surface area contributed by atoms with Gasteiger partial charge in [0, 0.05) is 26.3 Å². The Bertz CT molecular complexity index is 373. The van der Waals surface area contributed by atoms with Gasteiger partial charge in [-0.1, -0.05) is 23.7 Å². The summed E-state index contributed by atoms with van der Waals surface area (Å²) in [7, 11) is 1.74. The Morgan fingerprint density at radius 2 is 2.35 bits per heavy atom. The van der Waals surface area contributed by atoms with Crippen LogP contribution in [0.4, 0.5) is 0 Å². The molecule has 0 saturated heterocycles. The summed E-state index contributed by atoms with van der Waals surface area (Å²) in [6.45, 7) is 5.13. The van der Waals surface area contributed by atoms with Gasteiger partial charge in [-0.05, 0) is 18.1 Å². The average molecular weight is 253 g/mol. The number of aliphatic imine (C=N–C) groups is 1. The van der Waals surface area contributed by atoms with Crippen LogP contribution in [0.1, 0.15) is 5.56 Å². The average Bonchev–Trinajstić information content (AvgIpc) is 2.36. The van der Waals surface area contributed by atoms with Crippen LogP contribution in [0.2, 0.25) is 5.15 Å². The minimum absolute atomic E-state index is 0.519. The van der Waals surface area contributed by atoms with Crippen LogP contribution < -0.4 is 10.6 Å². The molecule has 0 atom stereocenters. The van der Waals surface area contributed by atoms with Crippen LogP contribution in [0.15, 0.2) is 36.0 Å². The van der Waals surface area contributed by atoms with E-state index in [1.54, 1.807) is 25.4 Å². The van der Waals surface area contributed by atoms with Gasteiger partial charge in [0.25, 0.3) is 0 Å². The van der Waals surface area contributed by atoms with Crippen LogP contribution >= 0.6 is 11.6 Å². The van der Waals surface area contributed by atoms with Crippen molar-refractivity contribution in [1.82, 2.24) is 15.6 Å². The molecule has 0 aliphatic carbocycles. The van der Waals surface area contributed by atoms with E-state index in [0.29, 0.717) is 11.7 Å². The summed E-state index contributed by atoms with van der Waals surface area (Å²) in [5, 5.41) is 6.81. The Morgan fingerprint density at radius 1 is 1.53 bits per heavy atom. The van der Waals surface area contributed by atoms with Crippen molar-refractivity contribution in [2.24, 2.45) is 4.99 Å². The van der Waals surface area contributed by atoms with Crippen LogP contribution in [0, 0.1) is 0 Å². The van der Waals surface area contributed by atoms with Crippen molar-refractivity contribution in [2.75, 3.05) is 20.1 Å². The Morgan fingerprint density at radius 3 is 2.94 bits per heavy atom. The predicted molar refractivity (Wildman–Crippen MR) is 72.5 cm³/mol. The third kappa shape index (κ3) is 5.36. The van der Waals surface area contributed by atoms with Gasteiger partial charge in [-0.25, -0.2) is 4.98 Å². The molecule has 0 aliphatic rings. The van der Waals surface area contributed by atoms with E-state index in [0.717, 1.165) is 24.5 Å². The minimum Gasteiger partial charge on any atom is -0.356 e. The molecule has 0 aromatic carbocycles. The number of pyridine rings is 1. The second kappa shape index (κ2) is 7.68. The van der Waals surface area contributed by atoms with Crippen LogP contribution in [-0.4, -0.2) is 31.1 Å². The van der Waals surface area contributed by atoms with Crippen LogP contribution in [-0.2, 0) is 6.42 Å². The third-order valence-corrected chi connectivity index (χ3v) is 2.36. The molecule has 0 saturated carbocycles. The zero-order valence-electron chi connectivity index (χ0n) is 9.91. The number of nitrogens with zero attached hydrogens (tertiary/aromatic N) is 2. The van der Waals surface area contributed by atoms with E-state index in [9.17, 15) is 0 Å². The lowest BCUT2D eigenvalue weighted by Gasteiger charge is -2.10. The lowest BCUT2D eigenvalue weighted by molar-refractivity contribution is 0.819. The number of hydrogen-bond acceptors (Lipinski definition) is 2. The van der Waals surface area contributed by atoms with Crippen molar-refractivity contribution in [2.45, 2.75) is 6.42 Å². The highest BCUT2D eigenvalue weighted by atomic mass is 35.5. The molecule has 4 nitrogen and oxygen atoms in total. The summed E-state index contributed by atoms with van der Waals surface area (Å²) >= 11 is 5.71. The summed E-state index contributed by atoms with van der Waals surface area (Å²) in [5.41, 5.74) is 1.14. The topological polar surface area (TPSA) is 49.3 Å². The lowest BCUT2D eigenvalue weighted by atomic mass is 10.2. The minimum atomic E-state index is 0.519. The molecular formula is C12H17ClN4. The first-order valence-electron chi connectivity index (χ1n) is 5.42. The predicted octanol–water partition coefficient (Wildman–Crippen LogP) is 1.63. The molecule has 0 spiro atoms. The van der Waals surface area contributed by atoms with Crippen LogP contribution in [0.3, 0.4) is 0 Å². The van der Waals surface area contributed by atoms with Crippen molar-refractivity contribution < 1.29 is 0 Å². The van der Waals surface area contributed by atoms with Crippen molar-refractivity contribution in [1.29, 1.82) is 0 Å². The molecule has 0 unspecified atom stereocenters. The van der Waals surface area contributed by atoms with Gasteiger partial charge in [0.1, 0.15) is 5.15 Å². The van der Waals surface area contributed by atoms with Crippen molar-refractivity contribution >= 4 is 17.6 Å². The molecule has 5 heteroatoms. The number of rotatable bonds is 5. The smallest absolute Gasteiger partial charge is 0.191 e. The molecule has 0 aliphatic heterocycles. The summed E-state index contributed by atoms with van der Waals surface area (Å²) in [6.07, 6.45) is 4.44. The summed E-state index contributed by atoms with van der Waals surface area (Å²) in [6, 6.07) is 3.76. The normalized spacial score (nSPS) is 11.1. The molecule has 0 bridgehead atoms. The van der Waals surface area contributed by atoms with E-state index in [-0.39, 0.29) is 0 Å². The standard InChI is InChI=1S/C12H17ClN4/c1-3-7-15-12(14-2)16-8-6-10-4-5-11(13)17-9-10/h3-5,9H,1,6-8H2,2H3,(H2,14,15,16). The maximum atomic E-state index is 5.71. The van der Waals surface area contributed by atoms with Crippen LogP contribution in [0.25, 0.3) is 0 Å². The van der Waals surface area contributed by atoms with E-state index < -0.39 is 0 Å². The molecule has 0 amide bonds. The second-order valence-electron chi connectivity index (χ2n) is 3.41. The highest BCUT2D eigenvalue weighted by molar-refractivity contribution is 6.29. The summed E-state index contributed by atoms with van der Waals surface area (Å²) in [5.74, 6) is 0.770. The summed E-state index contributed by atoms with van der Waals surface area (Å²) < 4.78 is 0. The van der Waals surface area contributed by atoms with Gasteiger partial charge in [0.05, 0.1) is 0 Å². The number of hydrogen-bond donors (Lipinski definition) is 2. The van der Waals surface area contributed by atoms with Crippen molar-refractivity contribution in [3.05, 3.63) is 41.7 Å². The van der Waals surface area contributed by atoms with Gasteiger partial charge in [-0.3, -0.25) is 4.99 Å². The Labute approximate surface area is 107 Å². The fourth-order valence-corrected chi connectivity index (χ4v) is 1.38. The van der Waals surface area contributed by atoms with Gasteiger partial charge in [0.15, 0.2) is 5.96 Å². The number of halogens is 1. The van der Waals surface area contributed by atoms with E-state index in [1.807, 2.05) is 6.07 Å². The van der Waals surface area contributed by atoms with Gasteiger partial charge < -0.3 is 10.6 Å². The Kier molecular flexibility index (Phi) is 6.10. The third-order valence-electron chi connectivity index (χ3n) is 2.13. The van der Waals surface area contributed by atoms with Crippen molar-refractivity contribution in [3.8, 4) is 0 Å². The van der Waals surface area contributed by atoms with Gasteiger partial charge in [0.2, 0.25) is 0 Å². The highest BCUT2D eigenvalue weighted by Gasteiger charge is 1.97. The zero-order chi connectivity index (χ0) is 12.5. The molecule has 1 aromatic heterocycles. The zero-order valence-corrected chi connectivity index (χ0v) is 10.7. The first-order chi connectivity index (χ1) is 8.26. The monoisotopic (exact) mass is 252 g/mol. The van der Waals surface area contributed by atoms with Gasteiger partial charge in [-0.15, -0.1) is 6.58 Å². The Balaban J connectivity index is 2.31. The SMILES string of the molecule is C=CCNC(=NC)NCCc1ccc(Cl)nc1. The molecule has 2 N–H and O–H groups in total. The maximum Gasteiger partial charge on any atom is 0.191 e. The lowest BCUT2D eigenvalue weighted by Crippen LogP contribution is -2.38. The van der Waals surface area contributed by atoms with E-state index in [2.05, 4.69) is 27.2 Å². The second-order valence-corrected chi connectivity index (χ2v) is 3.79. The molecule has 0 radical (unpaired) electrons. The molecule has 1 aromatic rings.